The number of hydrogen-bond acceptors (Lipinski definition) is 5. The molecule has 2 rings (SSSR count). The first-order valence-corrected chi connectivity index (χ1v) is 6.92. The Hall–Kier alpha value is -0.940. The SMILES string of the molecule is CCCC(OCC)c1noc(C2CNCC2C)n1. The molecule has 5 heteroatoms. The Morgan fingerprint density at radius 3 is 2.89 bits per heavy atom. The molecule has 3 atom stereocenters. The third-order valence-corrected chi connectivity index (χ3v) is 3.50. The third-order valence-electron chi connectivity index (χ3n) is 3.50. The second-order valence-electron chi connectivity index (χ2n) is 4.97. The molecule has 3 unspecified atom stereocenters. The molecule has 0 aliphatic carbocycles. The summed E-state index contributed by atoms with van der Waals surface area (Å²) in [7, 11) is 0. The summed E-state index contributed by atoms with van der Waals surface area (Å²) in [6.45, 7) is 8.96. The lowest BCUT2D eigenvalue weighted by Crippen LogP contribution is -2.09. The Morgan fingerprint density at radius 1 is 1.44 bits per heavy atom. The van der Waals surface area contributed by atoms with E-state index in [1.165, 1.54) is 0 Å². The average Bonchev–Trinajstić information content (AvgIpc) is 2.97. The number of hydrogen-bond donors (Lipinski definition) is 1. The van der Waals surface area contributed by atoms with Gasteiger partial charge in [0.15, 0.2) is 0 Å². The van der Waals surface area contributed by atoms with Gasteiger partial charge in [0, 0.05) is 13.2 Å². The van der Waals surface area contributed by atoms with Crippen molar-refractivity contribution in [2.45, 2.75) is 45.6 Å². The summed E-state index contributed by atoms with van der Waals surface area (Å²) in [5.41, 5.74) is 0. The summed E-state index contributed by atoms with van der Waals surface area (Å²) in [5.74, 6) is 2.35. The van der Waals surface area contributed by atoms with Gasteiger partial charge in [-0.3, -0.25) is 0 Å². The maximum Gasteiger partial charge on any atom is 0.231 e. The molecule has 2 heterocycles. The van der Waals surface area contributed by atoms with Gasteiger partial charge in [0.05, 0.1) is 5.92 Å². The zero-order valence-corrected chi connectivity index (χ0v) is 11.5. The Bertz CT molecular complexity index is 361. The molecule has 1 saturated heterocycles. The van der Waals surface area contributed by atoms with Crippen molar-refractivity contribution in [2.24, 2.45) is 5.92 Å². The van der Waals surface area contributed by atoms with Crippen molar-refractivity contribution in [3.05, 3.63) is 11.7 Å². The molecule has 1 aliphatic rings. The van der Waals surface area contributed by atoms with Crippen LogP contribution in [0.25, 0.3) is 0 Å². The number of nitrogens with one attached hydrogen (secondary N) is 1. The summed E-state index contributed by atoms with van der Waals surface area (Å²) in [6, 6.07) is 0. The zero-order chi connectivity index (χ0) is 13.0. The summed E-state index contributed by atoms with van der Waals surface area (Å²) in [5, 5.41) is 7.44. The van der Waals surface area contributed by atoms with E-state index in [0.29, 0.717) is 24.3 Å². The van der Waals surface area contributed by atoms with Gasteiger partial charge in [0.1, 0.15) is 6.10 Å². The second-order valence-corrected chi connectivity index (χ2v) is 4.97. The maximum atomic E-state index is 5.67. The van der Waals surface area contributed by atoms with Crippen LogP contribution in [0.1, 0.15) is 57.3 Å². The van der Waals surface area contributed by atoms with Gasteiger partial charge in [-0.15, -0.1) is 0 Å². The molecular weight excluding hydrogens is 230 g/mol. The van der Waals surface area contributed by atoms with Crippen LogP contribution < -0.4 is 5.32 Å². The van der Waals surface area contributed by atoms with Gasteiger partial charge < -0.3 is 14.6 Å². The first-order chi connectivity index (χ1) is 8.76. The molecule has 1 fully saturated rings. The molecule has 1 N–H and O–H groups in total. The molecule has 1 aromatic heterocycles. The Morgan fingerprint density at radius 2 is 2.28 bits per heavy atom. The van der Waals surface area contributed by atoms with E-state index in [4.69, 9.17) is 9.26 Å². The predicted molar refractivity (Wildman–Crippen MR) is 68.3 cm³/mol. The molecular formula is C13H23N3O2. The standard InChI is InChI=1S/C13H23N3O2/c1-4-6-11(17-5-2)12-15-13(18-16-12)10-8-14-7-9(10)3/h9-11,14H,4-8H2,1-3H3. The fourth-order valence-corrected chi connectivity index (χ4v) is 2.42. The van der Waals surface area contributed by atoms with Crippen LogP contribution in [-0.2, 0) is 4.74 Å². The van der Waals surface area contributed by atoms with Gasteiger partial charge in [-0.2, -0.15) is 4.98 Å². The quantitative estimate of drug-likeness (QED) is 0.842. The van der Waals surface area contributed by atoms with Crippen molar-refractivity contribution >= 4 is 0 Å². The van der Waals surface area contributed by atoms with Gasteiger partial charge in [0.2, 0.25) is 11.7 Å². The highest BCUT2D eigenvalue weighted by atomic mass is 16.5. The van der Waals surface area contributed by atoms with Crippen molar-refractivity contribution in [1.29, 1.82) is 0 Å². The Labute approximate surface area is 108 Å². The molecule has 0 aromatic carbocycles. The van der Waals surface area contributed by atoms with Gasteiger partial charge in [-0.05, 0) is 25.8 Å². The molecule has 0 bridgehead atoms. The number of rotatable bonds is 6. The van der Waals surface area contributed by atoms with E-state index in [2.05, 4.69) is 29.3 Å². The molecule has 0 saturated carbocycles. The predicted octanol–water partition coefficient (Wildman–Crippen LogP) is 2.27. The highest BCUT2D eigenvalue weighted by Crippen LogP contribution is 2.28. The summed E-state index contributed by atoms with van der Waals surface area (Å²) in [6.07, 6.45) is 1.96. The number of ether oxygens (including phenoxy) is 1. The van der Waals surface area contributed by atoms with Crippen LogP contribution in [0.5, 0.6) is 0 Å². The Balaban J connectivity index is 2.08. The van der Waals surface area contributed by atoms with Crippen molar-refractivity contribution in [3.8, 4) is 0 Å². The van der Waals surface area contributed by atoms with Crippen LogP contribution in [0.4, 0.5) is 0 Å². The summed E-state index contributed by atoms with van der Waals surface area (Å²) < 4.78 is 11.1. The molecule has 0 amide bonds. The van der Waals surface area contributed by atoms with E-state index in [9.17, 15) is 0 Å². The topological polar surface area (TPSA) is 60.2 Å². The van der Waals surface area contributed by atoms with Crippen LogP contribution in [-0.4, -0.2) is 29.8 Å². The lowest BCUT2D eigenvalue weighted by molar-refractivity contribution is 0.0477. The number of nitrogens with zero attached hydrogens (tertiary/aromatic N) is 2. The third kappa shape index (κ3) is 2.90. The zero-order valence-electron chi connectivity index (χ0n) is 11.5. The smallest absolute Gasteiger partial charge is 0.231 e. The first-order valence-electron chi connectivity index (χ1n) is 6.92. The van der Waals surface area contributed by atoms with E-state index < -0.39 is 0 Å². The van der Waals surface area contributed by atoms with E-state index in [1.54, 1.807) is 0 Å². The minimum absolute atomic E-state index is 0.0258. The number of aromatic nitrogens is 2. The summed E-state index contributed by atoms with van der Waals surface area (Å²) >= 11 is 0. The highest BCUT2D eigenvalue weighted by Gasteiger charge is 2.30. The molecule has 0 radical (unpaired) electrons. The molecule has 18 heavy (non-hydrogen) atoms. The summed E-state index contributed by atoms with van der Waals surface area (Å²) in [4.78, 5) is 4.54. The van der Waals surface area contributed by atoms with Crippen molar-refractivity contribution in [3.63, 3.8) is 0 Å². The van der Waals surface area contributed by atoms with Gasteiger partial charge in [-0.25, -0.2) is 0 Å². The molecule has 1 aliphatic heterocycles. The minimum atomic E-state index is -0.0258. The lowest BCUT2D eigenvalue weighted by atomic mass is 9.98. The molecule has 0 spiro atoms. The largest absolute Gasteiger partial charge is 0.370 e. The van der Waals surface area contributed by atoms with E-state index in [1.807, 2.05) is 6.92 Å². The normalized spacial score (nSPS) is 25.5. The van der Waals surface area contributed by atoms with Crippen LogP contribution in [0.15, 0.2) is 4.52 Å². The monoisotopic (exact) mass is 253 g/mol. The van der Waals surface area contributed by atoms with Gasteiger partial charge in [0.25, 0.3) is 0 Å². The lowest BCUT2D eigenvalue weighted by Gasteiger charge is -2.11. The van der Waals surface area contributed by atoms with Crippen molar-refractivity contribution in [1.82, 2.24) is 15.5 Å². The van der Waals surface area contributed by atoms with E-state index in [-0.39, 0.29) is 6.10 Å². The fraction of sp³-hybridized carbons (Fsp3) is 0.846. The molecule has 102 valence electrons. The van der Waals surface area contributed by atoms with E-state index >= 15 is 0 Å². The first kappa shape index (κ1) is 13.5. The van der Waals surface area contributed by atoms with Gasteiger partial charge >= 0.3 is 0 Å². The molecule has 1 aromatic rings. The van der Waals surface area contributed by atoms with Gasteiger partial charge in [-0.1, -0.05) is 25.4 Å². The average molecular weight is 253 g/mol. The maximum absolute atomic E-state index is 5.67. The van der Waals surface area contributed by atoms with Crippen molar-refractivity contribution in [2.75, 3.05) is 19.7 Å². The van der Waals surface area contributed by atoms with Crippen molar-refractivity contribution < 1.29 is 9.26 Å². The minimum Gasteiger partial charge on any atom is -0.370 e. The highest BCUT2D eigenvalue weighted by molar-refractivity contribution is 5.02. The van der Waals surface area contributed by atoms with Crippen LogP contribution in [0.3, 0.4) is 0 Å². The molecule has 5 nitrogen and oxygen atoms in total. The fourth-order valence-electron chi connectivity index (χ4n) is 2.42. The van der Waals surface area contributed by atoms with E-state index in [0.717, 1.165) is 31.8 Å². The van der Waals surface area contributed by atoms with Crippen LogP contribution in [0, 0.1) is 5.92 Å². The van der Waals surface area contributed by atoms with Crippen LogP contribution >= 0.6 is 0 Å². The second kappa shape index (κ2) is 6.29. The Kier molecular flexibility index (Phi) is 4.72. The van der Waals surface area contributed by atoms with Crippen LogP contribution in [0.2, 0.25) is 0 Å².